The number of likely N-dealkylation sites (N-methyl/N-ethyl adjacent to an activating group) is 1. The van der Waals surface area contributed by atoms with Crippen LogP contribution in [0, 0.1) is 0 Å². The molecule has 1 atom stereocenters. The Labute approximate surface area is 94.7 Å². The Morgan fingerprint density at radius 1 is 1.00 bits per heavy atom. The fourth-order valence-corrected chi connectivity index (χ4v) is 1.56. The first-order valence-electron chi connectivity index (χ1n) is 6.08. The van der Waals surface area contributed by atoms with Crippen LogP contribution in [0.15, 0.2) is 0 Å². The molecular weight excluding hydrogens is 190 g/mol. The fraction of sp³-hybridized carbons (Fsp3) is 1.00. The van der Waals surface area contributed by atoms with Gasteiger partial charge in [-0.05, 0) is 33.9 Å². The number of nitrogens with zero attached hydrogens (tertiary/aromatic N) is 1. The molecule has 0 bridgehead atoms. The van der Waals surface area contributed by atoms with Crippen molar-refractivity contribution in [2.45, 2.75) is 46.8 Å². The number of hydrogen-bond acceptors (Lipinski definition) is 3. The van der Waals surface area contributed by atoms with Crippen LogP contribution in [0.1, 0.15) is 34.6 Å². The van der Waals surface area contributed by atoms with Crippen LogP contribution in [-0.4, -0.2) is 50.0 Å². The Bertz CT molecular complexity index is 136. The third-order valence-electron chi connectivity index (χ3n) is 2.47. The maximum Gasteiger partial charge on any atom is 0.0647 e. The maximum atomic E-state index is 5.66. The minimum Gasteiger partial charge on any atom is -0.380 e. The van der Waals surface area contributed by atoms with E-state index < -0.39 is 0 Å². The molecule has 0 saturated heterocycles. The lowest BCUT2D eigenvalue weighted by molar-refractivity contribution is -0.00894. The van der Waals surface area contributed by atoms with Crippen LogP contribution < -0.4 is 0 Å². The summed E-state index contributed by atoms with van der Waals surface area (Å²) in [6, 6.07) is 0.391. The van der Waals surface area contributed by atoms with E-state index in [4.69, 9.17) is 9.47 Å². The van der Waals surface area contributed by atoms with E-state index in [0.29, 0.717) is 12.1 Å². The number of ether oxygens (including phenoxy) is 2. The lowest BCUT2D eigenvalue weighted by Crippen LogP contribution is -2.42. The average Bonchev–Trinajstić information content (AvgIpc) is 2.22. The van der Waals surface area contributed by atoms with Gasteiger partial charge >= 0.3 is 0 Å². The van der Waals surface area contributed by atoms with Crippen molar-refractivity contribution < 1.29 is 9.47 Å². The van der Waals surface area contributed by atoms with Gasteiger partial charge in [-0.25, -0.2) is 0 Å². The van der Waals surface area contributed by atoms with Gasteiger partial charge in [0.15, 0.2) is 0 Å². The highest BCUT2D eigenvalue weighted by atomic mass is 16.5. The zero-order valence-electron chi connectivity index (χ0n) is 11.0. The van der Waals surface area contributed by atoms with Crippen molar-refractivity contribution >= 4 is 0 Å². The van der Waals surface area contributed by atoms with Crippen molar-refractivity contribution in [1.82, 2.24) is 4.90 Å². The SMILES string of the molecule is CCOCC(COC(C)C)N(CC)CC. The minimum atomic E-state index is 0.296. The van der Waals surface area contributed by atoms with Crippen molar-refractivity contribution in [3.63, 3.8) is 0 Å². The summed E-state index contributed by atoms with van der Waals surface area (Å²) in [5, 5.41) is 0. The van der Waals surface area contributed by atoms with Crippen LogP contribution in [0.2, 0.25) is 0 Å². The van der Waals surface area contributed by atoms with Crippen molar-refractivity contribution in [1.29, 1.82) is 0 Å². The van der Waals surface area contributed by atoms with E-state index in [2.05, 4.69) is 32.6 Å². The van der Waals surface area contributed by atoms with E-state index in [1.54, 1.807) is 0 Å². The van der Waals surface area contributed by atoms with Gasteiger partial charge in [0.2, 0.25) is 0 Å². The molecule has 0 amide bonds. The third-order valence-corrected chi connectivity index (χ3v) is 2.47. The Balaban J connectivity index is 4.03. The molecule has 0 aromatic heterocycles. The van der Waals surface area contributed by atoms with Gasteiger partial charge in [0.1, 0.15) is 0 Å². The second kappa shape index (κ2) is 9.13. The van der Waals surface area contributed by atoms with Crippen molar-refractivity contribution in [2.24, 2.45) is 0 Å². The first kappa shape index (κ1) is 14.9. The second-order valence-electron chi connectivity index (χ2n) is 3.92. The lowest BCUT2D eigenvalue weighted by atomic mass is 10.2. The molecule has 0 aromatic rings. The molecule has 1 unspecified atom stereocenters. The van der Waals surface area contributed by atoms with Gasteiger partial charge in [-0.1, -0.05) is 13.8 Å². The zero-order valence-corrected chi connectivity index (χ0v) is 11.0. The van der Waals surface area contributed by atoms with Gasteiger partial charge < -0.3 is 9.47 Å². The van der Waals surface area contributed by atoms with Gasteiger partial charge in [-0.15, -0.1) is 0 Å². The van der Waals surface area contributed by atoms with Crippen molar-refractivity contribution in [3.8, 4) is 0 Å². The van der Waals surface area contributed by atoms with Crippen LogP contribution in [0.5, 0.6) is 0 Å². The molecule has 0 rings (SSSR count). The molecule has 3 nitrogen and oxygen atoms in total. The van der Waals surface area contributed by atoms with Crippen LogP contribution in [-0.2, 0) is 9.47 Å². The van der Waals surface area contributed by atoms with Gasteiger partial charge in [0.05, 0.1) is 25.4 Å². The van der Waals surface area contributed by atoms with E-state index in [0.717, 1.165) is 32.9 Å². The monoisotopic (exact) mass is 217 g/mol. The summed E-state index contributed by atoms with van der Waals surface area (Å²) in [7, 11) is 0. The number of rotatable bonds is 9. The maximum absolute atomic E-state index is 5.66. The normalized spacial score (nSPS) is 13.8. The Morgan fingerprint density at radius 3 is 2.00 bits per heavy atom. The van der Waals surface area contributed by atoms with Crippen molar-refractivity contribution in [2.75, 3.05) is 32.9 Å². The summed E-state index contributed by atoms with van der Waals surface area (Å²) in [6.45, 7) is 14.9. The minimum absolute atomic E-state index is 0.296. The second-order valence-corrected chi connectivity index (χ2v) is 3.92. The third kappa shape index (κ3) is 6.88. The first-order valence-corrected chi connectivity index (χ1v) is 6.08. The Morgan fingerprint density at radius 2 is 1.60 bits per heavy atom. The highest BCUT2D eigenvalue weighted by molar-refractivity contribution is 4.69. The van der Waals surface area contributed by atoms with Gasteiger partial charge in [0, 0.05) is 6.61 Å². The quantitative estimate of drug-likeness (QED) is 0.591. The van der Waals surface area contributed by atoms with Crippen LogP contribution in [0.3, 0.4) is 0 Å². The predicted molar refractivity (Wildman–Crippen MR) is 64.3 cm³/mol. The van der Waals surface area contributed by atoms with Crippen molar-refractivity contribution in [3.05, 3.63) is 0 Å². The fourth-order valence-electron chi connectivity index (χ4n) is 1.56. The van der Waals surface area contributed by atoms with Crippen LogP contribution in [0.4, 0.5) is 0 Å². The molecule has 0 aliphatic rings. The Hall–Kier alpha value is -0.120. The number of hydrogen-bond donors (Lipinski definition) is 0. The first-order chi connectivity index (χ1) is 7.15. The van der Waals surface area contributed by atoms with E-state index in [1.165, 1.54) is 0 Å². The van der Waals surface area contributed by atoms with Crippen LogP contribution >= 0.6 is 0 Å². The van der Waals surface area contributed by atoms with Gasteiger partial charge in [-0.3, -0.25) is 4.90 Å². The standard InChI is InChI=1S/C12H27NO2/c1-6-13(7-2)12(9-14-8-3)10-15-11(4)5/h11-12H,6-10H2,1-5H3. The summed E-state index contributed by atoms with van der Waals surface area (Å²) in [5.41, 5.74) is 0. The molecule has 0 heterocycles. The van der Waals surface area contributed by atoms with E-state index in [9.17, 15) is 0 Å². The summed E-state index contributed by atoms with van der Waals surface area (Å²) in [6.07, 6.45) is 0.296. The summed E-state index contributed by atoms with van der Waals surface area (Å²) < 4.78 is 11.2. The molecule has 15 heavy (non-hydrogen) atoms. The molecule has 0 radical (unpaired) electrons. The van der Waals surface area contributed by atoms with E-state index in [-0.39, 0.29) is 0 Å². The average molecular weight is 217 g/mol. The predicted octanol–water partition coefficient (Wildman–Crippen LogP) is 2.16. The highest BCUT2D eigenvalue weighted by Crippen LogP contribution is 2.03. The summed E-state index contributed by atoms with van der Waals surface area (Å²) in [4.78, 5) is 2.39. The molecule has 0 aromatic carbocycles. The lowest BCUT2D eigenvalue weighted by Gasteiger charge is -2.29. The molecular formula is C12H27NO2. The summed E-state index contributed by atoms with van der Waals surface area (Å²) in [5.74, 6) is 0. The smallest absolute Gasteiger partial charge is 0.0647 e. The zero-order chi connectivity index (χ0) is 11.7. The molecule has 0 spiro atoms. The van der Waals surface area contributed by atoms with Crippen LogP contribution in [0.25, 0.3) is 0 Å². The molecule has 92 valence electrons. The molecule has 0 N–H and O–H groups in total. The molecule has 3 heteroatoms. The van der Waals surface area contributed by atoms with Gasteiger partial charge in [0.25, 0.3) is 0 Å². The summed E-state index contributed by atoms with van der Waals surface area (Å²) >= 11 is 0. The van der Waals surface area contributed by atoms with E-state index in [1.807, 2.05) is 6.92 Å². The largest absolute Gasteiger partial charge is 0.380 e. The Kier molecular flexibility index (Phi) is 9.06. The highest BCUT2D eigenvalue weighted by Gasteiger charge is 2.16. The molecule has 0 fully saturated rings. The molecule has 0 aliphatic carbocycles. The van der Waals surface area contributed by atoms with Gasteiger partial charge in [-0.2, -0.15) is 0 Å². The molecule has 0 saturated carbocycles. The van der Waals surface area contributed by atoms with E-state index >= 15 is 0 Å². The topological polar surface area (TPSA) is 21.7 Å². The molecule has 0 aliphatic heterocycles.